The molecule has 40 heavy (non-hydrogen) atoms. The van der Waals surface area contributed by atoms with E-state index >= 15 is 0 Å². The second-order valence-electron chi connectivity index (χ2n) is 10.8. The van der Waals surface area contributed by atoms with Crippen LogP contribution in [-0.4, -0.2) is 59.2 Å². The molecule has 1 amide bonds. The van der Waals surface area contributed by atoms with E-state index < -0.39 is 61.8 Å². The molecule has 11 nitrogen and oxygen atoms in total. The fraction of sp³-hybridized carbons (Fsp3) is 0.481. The van der Waals surface area contributed by atoms with Crippen molar-refractivity contribution in [3.8, 4) is 0 Å². The number of sulfonamides is 2. The number of esters is 1. The van der Waals surface area contributed by atoms with Crippen LogP contribution >= 0.6 is 0 Å². The van der Waals surface area contributed by atoms with Gasteiger partial charge < -0.3 is 14.8 Å². The van der Waals surface area contributed by atoms with Crippen molar-refractivity contribution >= 4 is 32.1 Å². The minimum absolute atomic E-state index is 0.0329. The lowest BCUT2D eigenvalue weighted by Crippen LogP contribution is -2.58. The molecule has 1 fully saturated rings. The molecule has 0 radical (unpaired) electrons. The molecule has 0 heterocycles. The lowest BCUT2D eigenvalue weighted by atomic mass is 10.0. The van der Waals surface area contributed by atoms with Gasteiger partial charge >= 0.3 is 12.1 Å². The molecule has 220 valence electrons. The van der Waals surface area contributed by atoms with Crippen LogP contribution in [0.5, 0.6) is 0 Å². The summed E-state index contributed by atoms with van der Waals surface area (Å²) in [5.74, 6) is -1.79. The zero-order valence-electron chi connectivity index (χ0n) is 23.4. The first kappa shape index (κ1) is 31.5. The van der Waals surface area contributed by atoms with E-state index in [-0.39, 0.29) is 22.8 Å². The Balaban J connectivity index is 2.05. The molecule has 3 rings (SSSR count). The Hall–Kier alpha value is -3.00. The minimum Gasteiger partial charge on any atom is -0.466 e. The maximum absolute atomic E-state index is 13.4. The highest BCUT2D eigenvalue weighted by atomic mass is 32.2. The van der Waals surface area contributed by atoms with Gasteiger partial charge in [-0.1, -0.05) is 35.4 Å². The SMILES string of the molecule is CCOC(=O)[C@H]1C[C@H](NS(=O)(=O)c2ccc(C)cc2)[C@@H](NS(=O)(=O)c2ccc(C)cc2)[C@H]1NC(=O)OC(C)(C)C. The average molecular weight is 596 g/mol. The Morgan fingerprint density at radius 2 is 1.30 bits per heavy atom. The maximum atomic E-state index is 13.4. The van der Waals surface area contributed by atoms with Crippen LogP contribution in [0.2, 0.25) is 0 Å². The summed E-state index contributed by atoms with van der Waals surface area (Å²) in [6.45, 7) is 10.2. The molecule has 2 aromatic carbocycles. The number of ether oxygens (including phenoxy) is 2. The van der Waals surface area contributed by atoms with E-state index in [9.17, 15) is 26.4 Å². The highest BCUT2D eigenvalue weighted by molar-refractivity contribution is 7.90. The number of carbonyl (C=O) groups is 2. The van der Waals surface area contributed by atoms with Crippen molar-refractivity contribution in [2.75, 3.05) is 6.61 Å². The van der Waals surface area contributed by atoms with Crippen LogP contribution in [0.25, 0.3) is 0 Å². The number of nitrogens with one attached hydrogen (secondary N) is 3. The third-order valence-corrected chi connectivity index (χ3v) is 9.28. The average Bonchev–Trinajstić information content (AvgIpc) is 3.14. The van der Waals surface area contributed by atoms with E-state index in [1.165, 1.54) is 24.3 Å². The van der Waals surface area contributed by atoms with Gasteiger partial charge in [-0.25, -0.2) is 31.1 Å². The highest BCUT2D eigenvalue weighted by Gasteiger charge is 2.51. The van der Waals surface area contributed by atoms with Crippen molar-refractivity contribution in [1.82, 2.24) is 14.8 Å². The first-order chi connectivity index (χ1) is 18.5. The van der Waals surface area contributed by atoms with Crippen LogP contribution < -0.4 is 14.8 Å². The van der Waals surface area contributed by atoms with Gasteiger partial charge in [-0.15, -0.1) is 0 Å². The molecule has 1 aliphatic rings. The van der Waals surface area contributed by atoms with Crippen LogP contribution in [0.4, 0.5) is 4.79 Å². The topological polar surface area (TPSA) is 157 Å². The summed E-state index contributed by atoms with van der Waals surface area (Å²) in [6.07, 6.45) is -1.04. The molecule has 13 heteroatoms. The molecule has 0 saturated heterocycles. The maximum Gasteiger partial charge on any atom is 0.407 e. The summed E-state index contributed by atoms with van der Waals surface area (Å²) in [4.78, 5) is 25.7. The Bertz CT molecular complexity index is 1420. The minimum atomic E-state index is -4.21. The van der Waals surface area contributed by atoms with Gasteiger partial charge in [-0.3, -0.25) is 4.79 Å². The number of benzene rings is 2. The number of hydrogen-bond acceptors (Lipinski definition) is 8. The fourth-order valence-electron chi connectivity index (χ4n) is 4.42. The van der Waals surface area contributed by atoms with E-state index in [1.807, 2.05) is 6.92 Å². The van der Waals surface area contributed by atoms with E-state index in [1.54, 1.807) is 58.9 Å². The molecule has 0 aliphatic heterocycles. The van der Waals surface area contributed by atoms with Gasteiger partial charge in [0, 0.05) is 6.04 Å². The molecule has 3 N–H and O–H groups in total. The van der Waals surface area contributed by atoms with Crippen LogP contribution in [0.1, 0.15) is 45.2 Å². The summed E-state index contributed by atoms with van der Waals surface area (Å²) in [5, 5.41) is 2.60. The van der Waals surface area contributed by atoms with Crippen molar-refractivity contribution in [2.24, 2.45) is 5.92 Å². The second kappa shape index (κ2) is 12.2. The predicted molar refractivity (Wildman–Crippen MR) is 148 cm³/mol. The summed E-state index contributed by atoms with van der Waals surface area (Å²) in [5.41, 5.74) is 0.814. The van der Waals surface area contributed by atoms with Crippen molar-refractivity contribution in [3.63, 3.8) is 0 Å². The Morgan fingerprint density at radius 1 is 0.825 bits per heavy atom. The van der Waals surface area contributed by atoms with E-state index in [4.69, 9.17) is 9.47 Å². The van der Waals surface area contributed by atoms with Crippen molar-refractivity contribution in [1.29, 1.82) is 0 Å². The van der Waals surface area contributed by atoms with Crippen LogP contribution in [0.3, 0.4) is 0 Å². The Labute approximate surface area is 236 Å². The third-order valence-electron chi connectivity index (χ3n) is 6.29. The normalized spacial score (nSPS) is 21.6. The van der Waals surface area contributed by atoms with Gasteiger partial charge in [-0.05, 0) is 72.2 Å². The number of amides is 1. The van der Waals surface area contributed by atoms with E-state index in [0.29, 0.717) is 0 Å². The summed E-state index contributed by atoms with van der Waals surface area (Å²) >= 11 is 0. The van der Waals surface area contributed by atoms with Crippen LogP contribution in [-0.2, 0) is 34.3 Å². The van der Waals surface area contributed by atoms with E-state index in [0.717, 1.165) is 11.1 Å². The quantitative estimate of drug-likeness (QED) is 0.374. The molecule has 4 atom stereocenters. The fourth-order valence-corrected chi connectivity index (χ4v) is 6.99. The molecule has 0 spiro atoms. The Kier molecular flexibility index (Phi) is 9.66. The predicted octanol–water partition coefficient (Wildman–Crippen LogP) is 2.77. The number of rotatable bonds is 9. The van der Waals surface area contributed by atoms with Gasteiger partial charge in [-0.2, -0.15) is 0 Å². The first-order valence-corrected chi connectivity index (χ1v) is 15.8. The molecule has 1 aliphatic carbocycles. The molecule has 1 saturated carbocycles. The van der Waals surface area contributed by atoms with Gasteiger partial charge in [0.15, 0.2) is 0 Å². The molecule has 0 bridgehead atoms. The molecule has 0 unspecified atom stereocenters. The van der Waals surface area contributed by atoms with Crippen molar-refractivity contribution < 1.29 is 35.9 Å². The zero-order chi connectivity index (χ0) is 29.9. The second-order valence-corrected chi connectivity index (χ2v) is 14.2. The molecular weight excluding hydrogens is 558 g/mol. The third kappa shape index (κ3) is 8.03. The number of carbonyl (C=O) groups excluding carboxylic acids is 2. The zero-order valence-corrected chi connectivity index (χ0v) is 25.1. The van der Waals surface area contributed by atoms with Gasteiger partial charge in [0.25, 0.3) is 0 Å². The van der Waals surface area contributed by atoms with Crippen LogP contribution in [0, 0.1) is 19.8 Å². The van der Waals surface area contributed by atoms with Crippen molar-refractivity contribution in [2.45, 2.75) is 81.5 Å². The lowest BCUT2D eigenvalue weighted by molar-refractivity contribution is -0.148. The van der Waals surface area contributed by atoms with E-state index in [2.05, 4.69) is 14.8 Å². The number of alkyl carbamates (subject to hydrolysis) is 1. The summed E-state index contributed by atoms with van der Waals surface area (Å²) in [7, 11) is -8.36. The van der Waals surface area contributed by atoms with Gasteiger partial charge in [0.05, 0.1) is 34.4 Å². The van der Waals surface area contributed by atoms with Crippen molar-refractivity contribution in [3.05, 3.63) is 59.7 Å². The number of aryl methyl sites for hydroxylation is 2. The summed E-state index contributed by atoms with van der Waals surface area (Å²) < 4.78 is 69.2. The number of hydrogen-bond donors (Lipinski definition) is 3. The molecular formula is C27H37N3O8S2. The molecule has 2 aromatic rings. The highest BCUT2D eigenvalue weighted by Crippen LogP contribution is 2.31. The lowest BCUT2D eigenvalue weighted by Gasteiger charge is -2.29. The smallest absolute Gasteiger partial charge is 0.407 e. The monoisotopic (exact) mass is 595 g/mol. The standard InChI is InChI=1S/C27H37N3O8S2/c1-7-37-25(31)21-16-22(29-39(33,34)19-12-8-17(2)9-13-19)24(23(21)28-26(32)38-27(4,5)6)30-40(35,36)20-14-10-18(3)11-15-20/h8-15,21-24,29-30H,7,16H2,1-6H3,(H,28,32)/t21-,22-,23-,24+/m0/s1. The first-order valence-electron chi connectivity index (χ1n) is 12.9. The Morgan fingerprint density at radius 3 is 1.75 bits per heavy atom. The van der Waals surface area contributed by atoms with Crippen LogP contribution in [0.15, 0.2) is 58.3 Å². The van der Waals surface area contributed by atoms with Gasteiger partial charge in [0.1, 0.15) is 5.60 Å². The summed E-state index contributed by atoms with van der Waals surface area (Å²) in [6, 6.07) is 8.61. The molecule has 0 aromatic heterocycles. The van der Waals surface area contributed by atoms with Gasteiger partial charge in [0.2, 0.25) is 20.0 Å². The largest absolute Gasteiger partial charge is 0.466 e.